The van der Waals surface area contributed by atoms with Crippen molar-refractivity contribution in [2.24, 2.45) is 16.1 Å². The SMILES string of the molecule is CCC(CC)C1N=NC(=N)O1.Cl. The lowest BCUT2D eigenvalue weighted by Gasteiger charge is -2.15. The number of azo groups is 1. The standard InChI is InChI=1S/C7H13N3O.ClH/c1-3-5(4-2)6-9-10-7(8)11-6;/h5-6,8H,3-4H2,1-2H3;1H. The molecule has 0 radical (unpaired) electrons. The van der Waals surface area contributed by atoms with Crippen LogP contribution in [0.15, 0.2) is 10.2 Å². The average molecular weight is 192 g/mol. The van der Waals surface area contributed by atoms with Gasteiger partial charge in [-0.3, -0.25) is 0 Å². The zero-order valence-corrected chi connectivity index (χ0v) is 8.10. The van der Waals surface area contributed by atoms with Gasteiger partial charge in [-0.15, -0.1) is 17.5 Å². The third-order valence-corrected chi connectivity index (χ3v) is 1.95. The normalized spacial score (nSPS) is 20.9. The Morgan fingerprint density at radius 3 is 2.42 bits per heavy atom. The van der Waals surface area contributed by atoms with E-state index in [-0.39, 0.29) is 24.7 Å². The smallest absolute Gasteiger partial charge is 0.329 e. The minimum absolute atomic E-state index is 0. The molecule has 0 aromatic heterocycles. The van der Waals surface area contributed by atoms with Crippen LogP contribution in [-0.2, 0) is 4.74 Å². The van der Waals surface area contributed by atoms with Gasteiger partial charge in [0.05, 0.1) is 0 Å². The summed E-state index contributed by atoms with van der Waals surface area (Å²) in [5.74, 6) is 0.404. The number of rotatable bonds is 3. The van der Waals surface area contributed by atoms with Crippen molar-refractivity contribution < 1.29 is 4.74 Å². The lowest BCUT2D eigenvalue weighted by atomic mass is 10.0. The molecule has 12 heavy (non-hydrogen) atoms. The van der Waals surface area contributed by atoms with E-state index in [1.165, 1.54) is 0 Å². The zero-order valence-electron chi connectivity index (χ0n) is 7.28. The highest BCUT2D eigenvalue weighted by molar-refractivity contribution is 5.85. The van der Waals surface area contributed by atoms with Gasteiger partial charge in [0.15, 0.2) is 0 Å². The summed E-state index contributed by atoms with van der Waals surface area (Å²) in [4.78, 5) is 0. The molecule has 4 nitrogen and oxygen atoms in total. The number of amidine groups is 1. The molecular formula is C7H14ClN3O. The zero-order chi connectivity index (χ0) is 8.27. The van der Waals surface area contributed by atoms with Crippen LogP contribution in [0, 0.1) is 11.3 Å². The van der Waals surface area contributed by atoms with E-state index < -0.39 is 0 Å². The van der Waals surface area contributed by atoms with Crippen LogP contribution < -0.4 is 0 Å². The topological polar surface area (TPSA) is 57.8 Å². The number of halogens is 1. The molecule has 1 atom stereocenters. The summed E-state index contributed by atoms with van der Waals surface area (Å²) < 4.78 is 5.06. The van der Waals surface area contributed by atoms with Crippen molar-refractivity contribution in [2.45, 2.75) is 32.9 Å². The second kappa shape index (κ2) is 5.09. The maximum atomic E-state index is 7.04. The molecule has 0 aliphatic carbocycles. The van der Waals surface area contributed by atoms with Gasteiger partial charge in [0.2, 0.25) is 6.23 Å². The molecule has 0 bridgehead atoms. The van der Waals surface area contributed by atoms with Gasteiger partial charge in [0, 0.05) is 5.92 Å². The maximum absolute atomic E-state index is 7.04. The second-order valence-electron chi connectivity index (χ2n) is 2.61. The first-order valence-electron chi connectivity index (χ1n) is 3.94. The van der Waals surface area contributed by atoms with Crippen LogP contribution in [0.3, 0.4) is 0 Å². The minimum Gasteiger partial charge on any atom is -0.435 e. The molecular weight excluding hydrogens is 178 g/mol. The first-order chi connectivity index (χ1) is 5.27. The Morgan fingerprint density at radius 1 is 1.50 bits per heavy atom. The number of hydrogen-bond donors (Lipinski definition) is 1. The molecule has 1 N–H and O–H groups in total. The van der Waals surface area contributed by atoms with Gasteiger partial charge in [0.1, 0.15) is 0 Å². The van der Waals surface area contributed by atoms with Crippen LogP contribution in [0.2, 0.25) is 0 Å². The van der Waals surface area contributed by atoms with Crippen LogP contribution >= 0.6 is 12.4 Å². The molecule has 0 saturated heterocycles. The van der Waals surface area contributed by atoms with E-state index in [4.69, 9.17) is 10.1 Å². The highest BCUT2D eigenvalue weighted by Gasteiger charge is 2.24. The van der Waals surface area contributed by atoms with Crippen molar-refractivity contribution in [1.82, 2.24) is 0 Å². The predicted octanol–water partition coefficient (Wildman–Crippen LogP) is 2.59. The van der Waals surface area contributed by atoms with Crippen molar-refractivity contribution in [3.63, 3.8) is 0 Å². The molecule has 70 valence electrons. The second-order valence-corrected chi connectivity index (χ2v) is 2.61. The van der Waals surface area contributed by atoms with Crippen molar-refractivity contribution in [1.29, 1.82) is 5.41 Å². The summed E-state index contributed by atoms with van der Waals surface area (Å²) in [7, 11) is 0. The van der Waals surface area contributed by atoms with Crippen LogP contribution in [0.4, 0.5) is 0 Å². The van der Waals surface area contributed by atoms with Crippen LogP contribution in [0.5, 0.6) is 0 Å². The first kappa shape index (κ1) is 11.4. The van der Waals surface area contributed by atoms with Gasteiger partial charge in [-0.1, -0.05) is 19.0 Å². The third kappa shape index (κ3) is 2.44. The monoisotopic (exact) mass is 191 g/mol. The minimum atomic E-state index is -0.197. The molecule has 0 fully saturated rings. The van der Waals surface area contributed by atoms with Gasteiger partial charge < -0.3 is 4.74 Å². The molecule has 1 heterocycles. The quantitative estimate of drug-likeness (QED) is 0.733. The highest BCUT2D eigenvalue weighted by Crippen LogP contribution is 2.21. The fourth-order valence-corrected chi connectivity index (χ4v) is 1.15. The Labute approximate surface area is 78.3 Å². The Bertz CT molecular complexity index is 179. The summed E-state index contributed by atoms with van der Waals surface area (Å²) in [6, 6.07) is -0.0538. The third-order valence-electron chi connectivity index (χ3n) is 1.95. The number of ether oxygens (including phenoxy) is 1. The van der Waals surface area contributed by atoms with Gasteiger partial charge in [0.25, 0.3) is 0 Å². The Balaban J connectivity index is 0.00000121. The molecule has 1 unspecified atom stereocenters. The number of nitrogens with zero attached hydrogens (tertiary/aromatic N) is 2. The Hall–Kier alpha value is -0.640. The van der Waals surface area contributed by atoms with E-state index in [2.05, 4.69) is 24.1 Å². The van der Waals surface area contributed by atoms with E-state index in [9.17, 15) is 0 Å². The lowest BCUT2D eigenvalue weighted by molar-refractivity contribution is 0.137. The van der Waals surface area contributed by atoms with E-state index in [1.54, 1.807) is 0 Å². The molecule has 0 aromatic rings. The lowest BCUT2D eigenvalue weighted by Crippen LogP contribution is -2.18. The van der Waals surface area contributed by atoms with Gasteiger partial charge in [-0.25, -0.2) is 5.41 Å². The van der Waals surface area contributed by atoms with Crippen LogP contribution in [0.1, 0.15) is 26.7 Å². The van der Waals surface area contributed by atoms with Crippen molar-refractivity contribution in [3.05, 3.63) is 0 Å². The molecule has 1 aliphatic rings. The van der Waals surface area contributed by atoms with Crippen molar-refractivity contribution in [2.75, 3.05) is 0 Å². The summed E-state index contributed by atoms with van der Waals surface area (Å²) in [6.07, 6.45) is 1.85. The molecule has 1 rings (SSSR count). The molecule has 1 aliphatic heterocycles. The summed E-state index contributed by atoms with van der Waals surface area (Å²) in [5, 5.41) is 14.4. The van der Waals surface area contributed by atoms with Gasteiger partial charge >= 0.3 is 6.02 Å². The van der Waals surface area contributed by atoms with Crippen molar-refractivity contribution in [3.8, 4) is 0 Å². The fraction of sp³-hybridized carbons (Fsp3) is 0.857. The molecule has 5 heteroatoms. The van der Waals surface area contributed by atoms with Crippen molar-refractivity contribution >= 4 is 18.4 Å². The van der Waals surface area contributed by atoms with Crippen LogP contribution in [0.25, 0.3) is 0 Å². The van der Waals surface area contributed by atoms with E-state index in [0.29, 0.717) is 5.92 Å². The molecule has 0 aromatic carbocycles. The summed E-state index contributed by atoms with van der Waals surface area (Å²) >= 11 is 0. The predicted molar refractivity (Wildman–Crippen MR) is 48.8 cm³/mol. The maximum Gasteiger partial charge on any atom is 0.329 e. The largest absolute Gasteiger partial charge is 0.435 e. The Kier molecular flexibility index (Phi) is 4.81. The van der Waals surface area contributed by atoms with Gasteiger partial charge in [-0.05, 0) is 12.8 Å². The first-order valence-corrected chi connectivity index (χ1v) is 3.94. The Morgan fingerprint density at radius 2 is 2.08 bits per heavy atom. The molecule has 0 saturated carbocycles. The molecule has 0 amide bonds. The number of nitrogens with one attached hydrogen (secondary N) is 1. The van der Waals surface area contributed by atoms with E-state index in [0.717, 1.165) is 12.8 Å². The summed E-state index contributed by atoms with van der Waals surface area (Å²) in [6.45, 7) is 4.18. The highest BCUT2D eigenvalue weighted by atomic mass is 35.5. The van der Waals surface area contributed by atoms with E-state index >= 15 is 0 Å². The fourth-order valence-electron chi connectivity index (χ4n) is 1.15. The average Bonchev–Trinajstić information content (AvgIpc) is 2.39. The summed E-state index contributed by atoms with van der Waals surface area (Å²) in [5.41, 5.74) is 0. The molecule has 0 spiro atoms. The van der Waals surface area contributed by atoms with E-state index in [1.807, 2.05) is 0 Å². The van der Waals surface area contributed by atoms with Crippen LogP contribution in [-0.4, -0.2) is 12.2 Å². The number of hydrogen-bond acceptors (Lipinski definition) is 3. The van der Waals surface area contributed by atoms with Gasteiger partial charge in [-0.2, -0.15) is 0 Å².